The van der Waals surface area contributed by atoms with Crippen LogP contribution in [0.5, 0.6) is 0 Å². The van der Waals surface area contributed by atoms with Crippen LogP contribution in [0.15, 0.2) is 22.7 Å². The molecule has 2 atom stereocenters. The van der Waals surface area contributed by atoms with E-state index in [4.69, 9.17) is 5.26 Å². The van der Waals surface area contributed by atoms with Gasteiger partial charge < -0.3 is 4.90 Å². The van der Waals surface area contributed by atoms with Crippen LogP contribution >= 0.6 is 15.9 Å². The highest BCUT2D eigenvalue weighted by Crippen LogP contribution is 2.38. The van der Waals surface area contributed by atoms with Gasteiger partial charge in [-0.05, 0) is 49.8 Å². The summed E-state index contributed by atoms with van der Waals surface area (Å²) in [5.74, 6) is 0.868. The number of piperidine rings is 1. The smallest absolute Gasteiger partial charge is 0.0992 e. The Morgan fingerprint density at radius 2 is 1.89 bits per heavy atom. The van der Waals surface area contributed by atoms with Gasteiger partial charge in [-0.2, -0.15) is 5.26 Å². The van der Waals surface area contributed by atoms with Crippen molar-refractivity contribution in [2.75, 3.05) is 11.4 Å². The third kappa shape index (κ3) is 2.65. The van der Waals surface area contributed by atoms with Crippen LogP contribution in [0.4, 0.5) is 5.69 Å². The van der Waals surface area contributed by atoms with E-state index >= 15 is 0 Å². The Morgan fingerprint density at radius 1 is 1.11 bits per heavy atom. The van der Waals surface area contributed by atoms with Gasteiger partial charge in [0.1, 0.15) is 0 Å². The molecule has 0 amide bonds. The van der Waals surface area contributed by atoms with Crippen molar-refractivity contribution < 1.29 is 0 Å². The molecular formula is C16H19BrN2. The summed E-state index contributed by atoms with van der Waals surface area (Å²) in [6, 6.07) is 9.06. The van der Waals surface area contributed by atoms with Crippen LogP contribution < -0.4 is 4.90 Å². The number of halogens is 1. The maximum absolute atomic E-state index is 9.13. The predicted molar refractivity (Wildman–Crippen MR) is 81.2 cm³/mol. The average Bonchev–Trinajstić information content (AvgIpc) is 2.46. The zero-order valence-electron chi connectivity index (χ0n) is 11.1. The average molecular weight is 319 g/mol. The lowest BCUT2D eigenvalue weighted by molar-refractivity contribution is 0.244. The Bertz CT molecular complexity index is 504. The molecule has 2 nitrogen and oxygen atoms in total. The summed E-state index contributed by atoms with van der Waals surface area (Å²) in [7, 11) is 0. The highest BCUT2D eigenvalue weighted by Gasteiger charge is 2.33. The van der Waals surface area contributed by atoms with E-state index in [2.05, 4.69) is 33.0 Å². The van der Waals surface area contributed by atoms with Crippen molar-refractivity contribution in [3.8, 4) is 6.07 Å². The number of nitriles is 1. The van der Waals surface area contributed by atoms with Crippen molar-refractivity contribution in [3.05, 3.63) is 28.2 Å². The van der Waals surface area contributed by atoms with Gasteiger partial charge in [0, 0.05) is 22.7 Å². The van der Waals surface area contributed by atoms with E-state index in [9.17, 15) is 0 Å². The summed E-state index contributed by atoms with van der Waals surface area (Å²) in [4.78, 5) is 2.55. The van der Waals surface area contributed by atoms with Crippen LogP contribution in [-0.4, -0.2) is 12.6 Å². The lowest BCUT2D eigenvalue weighted by atomic mass is 9.78. The molecule has 1 aromatic carbocycles. The van der Waals surface area contributed by atoms with Gasteiger partial charge in [0.15, 0.2) is 0 Å². The third-order valence-corrected chi connectivity index (χ3v) is 5.04. The molecule has 1 aliphatic heterocycles. The first-order chi connectivity index (χ1) is 9.28. The third-order valence-electron chi connectivity index (χ3n) is 4.59. The van der Waals surface area contributed by atoms with E-state index in [0.29, 0.717) is 6.04 Å². The number of nitrogens with zero attached hydrogens (tertiary/aromatic N) is 2. The number of anilines is 1. The molecule has 19 heavy (non-hydrogen) atoms. The van der Waals surface area contributed by atoms with Gasteiger partial charge in [0.25, 0.3) is 0 Å². The molecule has 3 rings (SSSR count). The quantitative estimate of drug-likeness (QED) is 0.763. The fraction of sp³-hybridized carbons (Fsp3) is 0.562. The molecule has 0 radical (unpaired) electrons. The van der Waals surface area contributed by atoms with Crippen LogP contribution in [0, 0.1) is 17.2 Å². The van der Waals surface area contributed by atoms with E-state index in [1.54, 1.807) is 0 Å². The number of hydrogen-bond donors (Lipinski definition) is 0. The molecule has 1 heterocycles. The predicted octanol–water partition coefficient (Wildman–Crippen LogP) is 4.48. The second-order valence-electron chi connectivity index (χ2n) is 5.76. The highest BCUT2D eigenvalue weighted by molar-refractivity contribution is 9.10. The molecule has 1 aromatic rings. The zero-order chi connectivity index (χ0) is 13.2. The largest absolute Gasteiger partial charge is 0.368 e. The minimum atomic E-state index is 0.698. The topological polar surface area (TPSA) is 27.0 Å². The Kier molecular flexibility index (Phi) is 3.79. The number of rotatable bonds is 1. The molecule has 0 spiro atoms. The summed E-state index contributed by atoms with van der Waals surface area (Å²) in [6.07, 6.45) is 8.14. The van der Waals surface area contributed by atoms with Crippen molar-refractivity contribution in [1.82, 2.24) is 0 Å². The van der Waals surface area contributed by atoms with Crippen LogP contribution in [0.1, 0.15) is 44.1 Å². The molecule has 2 unspecified atom stereocenters. The van der Waals surface area contributed by atoms with Gasteiger partial charge >= 0.3 is 0 Å². The van der Waals surface area contributed by atoms with Crippen LogP contribution in [-0.2, 0) is 0 Å². The van der Waals surface area contributed by atoms with E-state index < -0.39 is 0 Å². The SMILES string of the molecule is N#Cc1cc(Br)cc(N2CCCC3CCCCC32)c1. The van der Waals surface area contributed by atoms with E-state index in [1.807, 2.05) is 12.1 Å². The standard InChI is InChI=1S/C16H19BrN2/c17-14-8-12(11-18)9-15(10-14)19-7-3-5-13-4-1-2-6-16(13)19/h8-10,13,16H,1-7H2. The summed E-state index contributed by atoms with van der Waals surface area (Å²) in [5, 5.41) is 9.13. The Hall–Kier alpha value is -1.01. The van der Waals surface area contributed by atoms with Crippen LogP contribution in [0.2, 0.25) is 0 Å². The molecule has 1 aliphatic carbocycles. The normalized spacial score (nSPS) is 26.6. The monoisotopic (exact) mass is 318 g/mol. The van der Waals surface area contributed by atoms with Crippen LogP contribution in [0.3, 0.4) is 0 Å². The van der Waals surface area contributed by atoms with E-state index in [-0.39, 0.29) is 0 Å². The first kappa shape index (κ1) is 13.0. The second kappa shape index (κ2) is 5.54. The Morgan fingerprint density at radius 3 is 2.74 bits per heavy atom. The van der Waals surface area contributed by atoms with Crippen molar-refractivity contribution in [2.24, 2.45) is 5.92 Å². The first-order valence-electron chi connectivity index (χ1n) is 7.25. The number of benzene rings is 1. The molecule has 2 fully saturated rings. The number of hydrogen-bond acceptors (Lipinski definition) is 2. The van der Waals surface area contributed by atoms with Crippen molar-refractivity contribution in [2.45, 2.75) is 44.6 Å². The molecule has 0 N–H and O–H groups in total. The second-order valence-corrected chi connectivity index (χ2v) is 6.67. The van der Waals surface area contributed by atoms with E-state index in [1.165, 1.54) is 44.2 Å². The summed E-state index contributed by atoms with van der Waals surface area (Å²) in [5.41, 5.74) is 1.98. The van der Waals surface area contributed by atoms with E-state index in [0.717, 1.165) is 22.5 Å². The fourth-order valence-corrected chi connectivity index (χ4v) is 4.23. The molecule has 3 heteroatoms. The van der Waals surface area contributed by atoms with Crippen LogP contribution in [0.25, 0.3) is 0 Å². The minimum absolute atomic E-state index is 0.698. The molecule has 0 bridgehead atoms. The maximum Gasteiger partial charge on any atom is 0.0992 e. The van der Waals surface area contributed by atoms with Gasteiger partial charge in [0.2, 0.25) is 0 Å². The lowest BCUT2D eigenvalue weighted by Gasteiger charge is -2.45. The summed E-state index contributed by atoms with van der Waals surface area (Å²) < 4.78 is 1.01. The molecule has 2 aliphatic rings. The van der Waals surface area contributed by atoms with Gasteiger partial charge in [-0.1, -0.05) is 28.8 Å². The van der Waals surface area contributed by atoms with Gasteiger partial charge in [-0.3, -0.25) is 0 Å². The number of fused-ring (bicyclic) bond motifs is 1. The molecular weight excluding hydrogens is 300 g/mol. The lowest BCUT2D eigenvalue weighted by Crippen LogP contribution is -2.46. The summed E-state index contributed by atoms with van der Waals surface area (Å²) in [6.45, 7) is 1.14. The van der Waals surface area contributed by atoms with Crippen molar-refractivity contribution in [3.63, 3.8) is 0 Å². The fourth-order valence-electron chi connectivity index (χ4n) is 3.75. The molecule has 100 valence electrons. The molecule has 0 aromatic heterocycles. The zero-order valence-corrected chi connectivity index (χ0v) is 12.7. The molecule has 1 saturated carbocycles. The summed E-state index contributed by atoms with van der Waals surface area (Å²) >= 11 is 3.53. The minimum Gasteiger partial charge on any atom is -0.368 e. The van der Waals surface area contributed by atoms with Gasteiger partial charge in [-0.15, -0.1) is 0 Å². The first-order valence-corrected chi connectivity index (χ1v) is 8.04. The van der Waals surface area contributed by atoms with Gasteiger partial charge in [0.05, 0.1) is 11.6 Å². The van der Waals surface area contributed by atoms with Gasteiger partial charge in [-0.25, -0.2) is 0 Å². The van der Waals surface area contributed by atoms with Crippen molar-refractivity contribution in [1.29, 1.82) is 5.26 Å². The Labute approximate surface area is 123 Å². The molecule has 1 saturated heterocycles. The van der Waals surface area contributed by atoms with Crippen molar-refractivity contribution >= 4 is 21.6 Å². The highest BCUT2D eigenvalue weighted by atomic mass is 79.9. The maximum atomic E-state index is 9.13. The Balaban J connectivity index is 1.91.